The van der Waals surface area contributed by atoms with Crippen molar-refractivity contribution in [2.45, 2.75) is 13.8 Å². The van der Waals surface area contributed by atoms with Gasteiger partial charge >= 0.3 is 0 Å². The third-order valence-corrected chi connectivity index (χ3v) is 3.17. The number of nitrogens with one attached hydrogen (secondary N) is 1. The number of carbonyl (C=O) groups excluding carboxylic acids is 1. The van der Waals surface area contributed by atoms with Crippen molar-refractivity contribution in [2.24, 2.45) is 0 Å². The van der Waals surface area contributed by atoms with Crippen LogP contribution in [-0.4, -0.2) is 11.0 Å². The van der Waals surface area contributed by atoms with Crippen LogP contribution < -0.4 is 5.32 Å². The van der Waals surface area contributed by atoms with E-state index in [0.717, 1.165) is 11.1 Å². The molecule has 0 fully saturated rings. The molecule has 1 amide bonds. The summed E-state index contributed by atoms with van der Waals surface area (Å²) in [7, 11) is 0. The van der Waals surface area contributed by atoms with Crippen molar-refractivity contribution in [3.05, 3.63) is 58.1 Å². The number of hydrogen-bond acceptors (Lipinski definition) is 2. The Kier molecular flexibility index (Phi) is 3.76. The summed E-state index contributed by atoms with van der Waals surface area (Å²) in [6, 6.07) is 10.3. The summed E-state index contributed by atoms with van der Waals surface area (Å²) >= 11 is 6.05. The number of phenols is 1. The summed E-state index contributed by atoms with van der Waals surface area (Å²) in [6.07, 6.45) is 0. The molecule has 3 nitrogen and oxygen atoms in total. The second kappa shape index (κ2) is 5.33. The minimum atomic E-state index is -0.381. The first kappa shape index (κ1) is 13.4. The van der Waals surface area contributed by atoms with Crippen molar-refractivity contribution in [1.29, 1.82) is 0 Å². The minimum Gasteiger partial charge on any atom is -0.507 e. The monoisotopic (exact) mass is 275 g/mol. The zero-order valence-corrected chi connectivity index (χ0v) is 11.5. The highest BCUT2D eigenvalue weighted by molar-refractivity contribution is 6.34. The first-order valence-corrected chi connectivity index (χ1v) is 6.23. The van der Waals surface area contributed by atoms with E-state index in [1.165, 1.54) is 0 Å². The molecule has 4 heteroatoms. The number of halogens is 1. The predicted octanol–water partition coefficient (Wildman–Crippen LogP) is 3.91. The first-order valence-electron chi connectivity index (χ1n) is 5.85. The Bertz CT molecular complexity index is 618. The molecular formula is C15H14ClNO2. The van der Waals surface area contributed by atoms with Gasteiger partial charge in [-0.25, -0.2) is 0 Å². The lowest BCUT2D eigenvalue weighted by Crippen LogP contribution is -2.13. The fraction of sp³-hybridized carbons (Fsp3) is 0.133. The number of carbonyl (C=O) groups is 1. The maximum Gasteiger partial charge on any atom is 0.259 e. The number of para-hydroxylation sites is 1. The highest BCUT2D eigenvalue weighted by atomic mass is 35.5. The number of aromatic hydroxyl groups is 1. The molecule has 0 bridgehead atoms. The van der Waals surface area contributed by atoms with Crippen LogP contribution >= 0.6 is 11.6 Å². The topological polar surface area (TPSA) is 49.3 Å². The molecule has 2 rings (SSSR count). The van der Waals surface area contributed by atoms with Gasteiger partial charge in [-0.1, -0.05) is 29.8 Å². The molecule has 19 heavy (non-hydrogen) atoms. The summed E-state index contributed by atoms with van der Waals surface area (Å²) in [4.78, 5) is 12.1. The number of aryl methyl sites for hydroxylation is 2. The van der Waals surface area contributed by atoms with Gasteiger partial charge in [-0.05, 0) is 43.2 Å². The van der Waals surface area contributed by atoms with Crippen LogP contribution in [0.5, 0.6) is 5.75 Å². The molecule has 2 N–H and O–H groups in total. The van der Waals surface area contributed by atoms with E-state index in [1.54, 1.807) is 24.3 Å². The number of benzene rings is 2. The van der Waals surface area contributed by atoms with E-state index in [9.17, 15) is 9.90 Å². The second-order valence-electron chi connectivity index (χ2n) is 4.41. The Morgan fingerprint density at radius 1 is 1.21 bits per heavy atom. The quantitative estimate of drug-likeness (QED) is 0.873. The SMILES string of the molecule is Cc1ccc(C(=O)Nc2c(C)cccc2Cl)c(O)c1. The summed E-state index contributed by atoms with van der Waals surface area (Å²) in [6.45, 7) is 3.70. The van der Waals surface area contributed by atoms with Crippen LogP contribution in [0, 0.1) is 13.8 Å². The van der Waals surface area contributed by atoms with Gasteiger partial charge in [-0.15, -0.1) is 0 Å². The lowest BCUT2D eigenvalue weighted by Gasteiger charge is -2.11. The van der Waals surface area contributed by atoms with E-state index in [4.69, 9.17) is 11.6 Å². The Hall–Kier alpha value is -2.00. The fourth-order valence-electron chi connectivity index (χ4n) is 1.80. The van der Waals surface area contributed by atoms with Crippen LogP contribution in [0.25, 0.3) is 0 Å². The van der Waals surface area contributed by atoms with Crippen LogP contribution in [0.4, 0.5) is 5.69 Å². The number of phenolic OH excluding ortho intramolecular Hbond substituents is 1. The van der Waals surface area contributed by atoms with Crippen LogP contribution in [-0.2, 0) is 0 Å². The molecule has 0 aliphatic rings. The fourth-order valence-corrected chi connectivity index (χ4v) is 2.07. The third-order valence-electron chi connectivity index (χ3n) is 2.86. The van der Waals surface area contributed by atoms with Crippen LogP contribution in [0.15, 0.2) is 36.4 Å². The lowest BCUT2D eigenvalue weighted by molar-refractivity contribution is 0.102. The van der Waals surface area contributed by atoms with Crippen molar-refractivity contribution >= 4 is 23.2 Å². The van der Waals surface area contributed by atoms with Crippen molar-refractivity contribution in [2.75, 3.05) is 5.32 Å². The molecule has 0 atom stereocenters. The molecule has 0 saturated carbocycles. The Labute approximate surface area is 116 Å². The summed E-state index contributed by atoms with van der Waals surface area (Å²) < 4.78 is 0. The molecule has 98 valence electrons. The van der Waals surface area contributed by atoms with E-state index in [1.807, 2.05) is 26.0 Å². The van der Waals surface area contributed by atoms with Gasteiger partial charge in [0.15, 0.2) is 0 Å². The van der Waals surface area contributed by atoms with Crippen LogP contribution in [0.3, 0.4) is 0 Å². The zero-order chi connectivity index (χ0) is 14.0. The van der Waals surface area contributed by atoms with E-state index in [0.29, 0.717) is 10.7 Å². The number of rotatable bonds is 2. The smallest absolute Gasteiger partial charge is 0.259 e. The largest absolute Gasteiger partial charge is 0.507 e. The first-order chi connectivity index (χ1) is 8.99. The van der Waals surface area contributed by atoms with E-state index in [2.05, 4.69) is 5.32 Å². The average Bonchev–Trinajstić information content (AvgIpc) is 2.33. The van der Waals surface area contributed by atoms with E-state index in [-0.39, 0.29) is 17.2 Å². The zero-order valence-electron chi connectivity index (χ0n) is 10.7. The minimum absolute atomic E-state index is 0.0396. The predicted molar refractivity (Wildman–Crippen MR) is 77.0 cm³/mol. The molecule has 0 saturated heterocycles. The maximum atomic E-state index is 12.1. The van der Waals surface area contributed by atoms with Crippen molar-refractivity contribution in [1.82, 2.24) is 0 Å². The van der Waals surface area contributed by atoms with Gasteiger partial charge in [0.1, 0.15) is 5.75 Å². The normalized spacial score (nSPS) is 10.3. The van der Waals surface area contributed by atoms with E-state index < -0.39 is 0 Å². The molecule has 2 aromatic carbocycles. The Morgan fingerprint density at radius 3 is 2.58 bits per heavy atom. The summed E-state index contributed by atoms with van der Waals surface area (Å²) in [5.41, 5.74) is 2.55. The molecule has 0 heterocycles. The van der Waals surface area contributed by atoms with Crippen LogP contribution in [0.1, 0.15) is 21.5 Å². The summed E-state index contributed by atoms with van der Waals surface area (Å²) in [5, 5.41) is 13.0. The van der Waals surface area contributed by atoms with Crippen molar-refractivity contribution in [3.8, 4) is 5.75 Å². The standard InChI is InChI=1S/C15H14ClNO2/c1-9-6-7-11(13(18)8-9)15(19)17-14-10(2)4-3-5-12(14)16/h3-8,18H,1-2H3,(H,17,19). The molecule has 0 spiro atoms. The third kappa shape index (κ3) is 2.88. The van der Waals surface area contributed by atoms with Crippen molar-refractivity contribution in [3.63, 3.8) is 0 Å². The van der Waals surface area contributed by atoms with Gasteiger partial charge in [0.25, 0.3) is 5.91 Å². The Balaban J connectivity index is 2.31. The highest BCUT2D eigenvalue weighted by Gasteiger charge is 2.13. The summed E-state index contributed by atoms with van der Waals surface area (Å²) in [5.74, 6) is -0.420. The molecule has 2 aromatic rings. The molecule has 0 aliphatic heterocycles. The molecule has 0 unspecified atom stereocenters. The highest BCUT2D eigenvalue weighted by Crippen LogP contribution is 2.27. The van der Waals surface area contributed by atoms with Crippen LogP contribution in [0.2, 0.25) is 5.02 Å². The van der Waals surface area contributed by atoms with Gasteiger partial charge in [0.2, 0.25) is 0 Å². The van der Waals surface area contributed by atoms with Gasteiger partial charge in [-0.3, -0.25) is 4.79 Å². The van der Waals surface area contributed by atoms with E-state index >= 15 is 0 Å². The number of amides is 1. The maximum absolute atomic E-state index is 12.1. The Morgan fingerprint density at radius 2 is 1.95 bits per heavy atom. The molecular weight excluding hydrogens is 262 g/mol. The number of anilines is 1. The average molecular weight is 276 g/mol. The molecule has 0 radical (unpaired) electrons. The van der Waals surface area contributed by atoms with Crippen molar-refractivity contribution < 1.29 is 9.90 Å². The molecule has 0 aromatic heterocycles. The van der Waals surface area contributed by atoms with Gasteiger partial charge in [-0.2, -0.15) is 0 Å². The van der Waals surface area contributed by atoms with Gasteiger partial charge in [0, 0.05) is 0 Å². The van der Waals surface area contributed by atoms with Gasteiger partial charge < -0.3 is 10.4 Å². The second-order valence-corrected chi connectivity index (χ2v) is 4.81. The number of hydrogen-bond donors (Lipinski definition) is 2. The van der Waals surface area contributed by atoms with Gasteiger partial charge in [0.05, 0.1) is 16.3 Å². The molecule has 0 aliphatic carbocycles. The lowest BCUT2D eigenvalue weighted by atomic mass is 10.1.